The van der Waals surface area contributed by atoms with Crippen molar-refractivity contribution in [2.24, 2.45) is 0 Å². The van der Waals surface area contributed by atoms with E-state index in [0.717, 1.165) is 12.8 Å². The second-order valence-corrected chi connectivity index (χ2v) is 5.68. The van der Waals surface area contributed by atoms with Gasteiger partial charge in [0.15, 0.2) is 0 Å². The van der Waals surface area contributed by atoms with Crippen LogP contribution in [0.1, 0.15) is 32.1 Å². The van der Waals surface area contributed by atoms with Crippen molar-refractivity contribution in [1.82, 2.24) is 10.2 Å². The Morgan fingerprint density at radius 3 is 2.67 bits per heavy atom. The average molecular weight is 228 g/mol. The molecule has 2 fully saturated rings. The van der Waals surface area contributed by atoms with E-state index in [0.29, 0.717) is 17.3 Å². The zero-order valence-corrected chi connectivity index (χ0v) is 10.3. The van der Waals surface area contributed by atoms with Gasteiger partial charge in [-0.25, -0.2) is 4.79 Å². The molecule has 86 valence electrons. The fraction of sp³-hybridized carbons (Fsp3) is 0.909. The summed E-state index contributed by atoms with van der Waals surface area (Å²) >= 11 is 1.90. The van der Waals surface area contributed by atoms with Crippen molar-refractivity contribution < 1.29 is 4.79 Å². The van der Waals surface area contributed by atoms with Gasteiger partial charge in [-0.2, -0.15) is 11.8 Å². The molecule has 0 bridgehead atoms. The lowest BCUT2D eigenvalue weighted by Gasteiger charge is -2.29. The molecule has 2 rings (SSSR count). The molecule has 2 aliphatic rings. The summed E-state index contributed by atoms with van der Waals surface area (Å²) in [5.41, 5.74) is 0. The van der Waals surface area contributed by atoms with E-state index in [1.165, 1.54) is 19.3 Å². The van der Waals surface area contributed by atoms with Crippen LogP contribution in [0.2, 0.25) is 0 Å². The summed E-state index contributed by atoms with van der Waals surface area (Å²) < 4.78 is 0. The van der Waals surface area contributed by atoms with Crippen molar-refractivity contribution in [3.63, 3.8) is 0 Å². The maximum Gasteiger partial charge on any atom is 0.317 e. The molecule has 0 radical (unpaired) electrons. The van der Waals surface area contributed by atoms with E-state index < -0.39 is 0 Å². The molecule has 3 nitrogen and oxygen atoms in total. The van der Waals surface area contributed by atoms with Gasteiger partial charge in [0.05, 0.1) is 0 Å². The van der Waals surface area contributed by atoms with Gasteiger partial charge in [-0.05, 0) is 31.9 Å². The molecule has 0 aliphatic heterocycles. The Labute approximate surface area is 96.0 Å². The van der Waals surface area contributed by atoms with Crippen LogP contribution in [0, 0.1) is 0 Å². The fourth-order valence-electron chi connectivity index (χ4n) is 2.28. The normalized spacial score (nSPS) is 30.3. The molecule has 0 aromatic heterocycles. The summed E-state index contributed by atoms with van der Waals surface area (Å²) in [5.74, 6) is 0. The van der Waals surface area contributed by atoms with Gasteiger partial charge < -0.3 is 10.2 Å². The number of urea groups is 1. The number of amides is 2. The van der Waals surface area contributed by atoms with E-state index in [-0.39, 0.29) is 6.03 Å². The Hall–Kier alpha value is -0.380. The monoisotopic (exact) mass is 228 g/mol. The summed E-state index contributed by atoms with van der Waals surface area (Å²) in [7, 11) is 1.94. The molecule has 2 amide bonds. The van der Waals surface area contributed by atoms with Gasteiger partial charge in [-0.15, -0.1) is 0 Å². The lowest BCUT2D eigenvalue weighted by Crippen LogP contribution is -2.46. The second kappa shape index (κ2) is 4.64. The Kier molecular flexibility index (Phi) is 3.44. The van der Waals surface area contributed by atoms with Crippen LogP contribution in [0.3, 0.4) is 0 Å². The largest absolute Gasteiger partial charge is 0.335 e. The van der Waals surface area contributed by atoms with Crippen molar-refractivity contribution in [2.45, 2.75) is 49.4 Å². The molecule has 0 saturated heterocycles. The van der Waals surface area contributed by atoms with Gasteiger partial charge in [-0.3, -0.25) is 0 Å². The topological polar surface area (TPSA) is 32.3 Å². The van der Waals surface area contributed by atoms with Gasteiger partial charge in [0, 0.05) is 24.4 Å². The highest BCUT2D eigenvalue weighted by molar-refractivity contribution is 7.99. The highest BCUT2D eigenvalue weighted by Gasteiger charge is 2.33. The quantitative estimate of drug-likeness (QED) is 0.802. The average Bonchev–Trinajstić information content (AvgIpc) is 2.92. The van der Waals surface area contributed by atoms with Crippen LogP contribution in [-0.4, -0.2) is 41.6 Å². The molecule has 15 heavy (non-hydrogen) atoms. The number of hydrogen-bond donors (Lipinski definition) is 1. The lowest BCUT2D eigenvalue weighted by molar-refractivity contribution is 0.191. The van der Waals surface area contributed by atoms with Crippen LogP contribution in [0.5, 0.6) is 0 Å². The van der Waals surface area contributed by atoms with Crippen LogP contribution >= 0.6 is 11.8 Å². The third-order valence-corrected chi connectivity index (χ3v) is 4.60. The van der Waals surface area contributed by atoms with Crippen LogP contribution in [0.15, 0.2) is 0 Å². The number of hydrogen-bond acceptors (Lipinski definition) is 2. The Morgan fingerprint density at radius 2 is 2.07 bits per heavy atom. The third kappa shape index (κ3) is 2.60. The minimum Gasteiger partial charge on any atom is -0.335 e. The van der Waals surface area contributed by atoms with E-state index >= 15 is 0 Å². The zero-order valence-electron chi connectivity index (χ0n) is 9.53. The molecule has 0 spiro atoms. The van der Waals surface area contributed by atoms with Gasteiger partial charge in [0.25, 0.3) is 0 Å². The maximum atomic E-state index is 11.8. The van der Waals surface area contributed by atoms with E-state index in [9.17, 15) is 4.79 Å². The molecule has 0 unspecified atom stereocenters. The molecule has 4 heteroatoms. The smallest absolute Gasteiger partial charge is 0.317 e. The molecule has 0 heterocycles. The van der Waals surface area contributed by atoms with E-state index in [2.05, 4.69) is 11.6 Å². The summed E-state index contributed by atoms with van der Waals surface area (Å²) in [5, 5.41) is 3.69. The number of carbonyl (C=O) groups excluding carboxylic acids is 1. The number of rotatable bonds is 3. The Balaban J connectivity index is 1.87. The second-order valence-electron chi connectivity index (χ2n) is 4.61. The van der Waals surface area contributed by atoms with Crippen molar-refractivity contribution in [2.75, 3.05) is 13.3 Å². The number of carbonyl (C=O) groups is 1. The molecule has 0 aromatic rings. The van der Waals surface area contributed by atoms with Crippen LogP contribution in [0.4, 0.5) is 4.79 Å². The summed E-state index contributed by atoms with van der Waals surface area (Å²) in [6, 6.07) is 1.04. The minimum absolute atomic E-state index is 0.128. The number of thioether (sulfide) groups is 1. The summed E-state index contributed by atoms with van der Waals surface area (Å²) in [6.45, 7) is 0. The predicted molar refractivity (Wildman–Crippen MR) is 64.3 cm³/mol. The summed E-state index contributed by atoms with van der Waals surface area (Å²) in [4.78, 5) is 13.8. The van der Waals surface area contributed by atoms with Crippen LogP contribution in [-0.2, 0) is 0 Å². The van der Waals surface area contributed by atoms with Crippen LogP contribution in [0.25, 0.3) is 0 Å². The van der Waals surface area contributed by atoms with Crippen molar-refractivity contribution in [3.8, 4) is 0 Å². The first-order valence-corrected chi connectivity index (χ1v) is 7.07. The van der Waals surface area contributed by atoms with Gasteiger partial charge in [0.1, 0.15) is 0 Å². The number of nitrogens with one attached hydrogen (secondary N) is 1. The molecular formula is C11H20N2OS. The first-order chi connectivity index (χ1) is 7.22. The maximum absolute atomic E-state index is 11.8. The zero-order chi connectivity index (χ0) is 10.8. The first kappa shape index (κ1) is 11.1. The third-order valence-electron chi connectivity index (χ3n) is 3.44. The Morgan fingerprint density at radius 1 is 1.33 bits per heavy atom. The standard InChI is InChI=1S/C11H20N2OS/c1-13(11(14)12-8-6-7-8)9-4-3-5-10(9)15-2/h8-10H,3-7H2,1-2H3,(H,12,14)/t9-,10-/m1/s1. The SMILES string of the molecule is CS[C@@H]1CCC[C@H]1N(C)C(=O)NC1CC1. The molecule has 1 N–H and O–H groups in total. The van der Waals surface area contributed by atoms with E-state index in [4.69, 9.17) is 0 Å². The molecule has 2 saturated carbocycles. The highest BCUT2D eigenvalue weighted by atomic mass is 32.2. The van der Waals surface area contributed by atoms with Crippen molar-refractivity contribution in [3.05, 3.63) is 0 Å². The van der Waals surface area contributed by atoms with Crippen molar-refractivity contribution in [1.29, 1.82) is 0 Å². The predicted octanol–water partition coefficient (Wildman–Crippen LogP) is 2.07. The molecule has 2 aliphatic carbocycles. The molecule has 2 atom stereocenters. The van der Waals surface area contributed by atoms with Crippen molar-refractivity contribution >= 4 is 17.8 Å². The Bertz CT molecular complexity index is 243. The fourth-order valence-corrected chi connectivity index (χ4v) is 3.31. The number of nitrogens with zero attached hydrogens (tertiary/aromatic N) is 1. The van der Waals surface area contributed by atoms with Gasteiger partial charge in [-0.1, -0.05) is 6.42 Å². The van der Waals surface area contributed by atoms with Gasteiger partial charge >= 0.3 is 6.03 Å². The lowest BCUT2D eigenvalue weighted by atomic mass is 10.2. The minimum atomic E-state index is 0.128. The highest BCUT2D eigenvalue weighted by Crippen LogP contribution is 2.31. The summed E-state index contributed by atoms with van der Waals surface area (Å²) in [6.07, 6.45) is 8.16. The van der Waals surface area contributed by atoms with E-state index in [1.54, 1.807) is 0 Å². The molecule has 0 aromatic carbocycles. The van der Waals surface area contributed by atoms with E-state index in [1.807, 2.05) is 23.7 Å². The first-order valence-electron chi connectivity index (χ1n) is 5.78. The molecular weight excluding hydrogens is 208 g/mol. The van der Waals surface area contributed by atoms with Gasteiger partial charge in [0.2, 0.25) is 0 Å². The van der Waals surface area contributed by atoms with Crippen LogP contribution < -0.4 is 5.32 Å².